The van der Waals surface area contributed by atoms with E-state index in [1.807, 2.05) is 44.2 Å². The fourth-order valence-corrected chi connectivity index (χ4v) is 8.85. The van der Waals surface area contributed by atoms with Crippen molar-refractivity contribution in [1.82, 2.24) is 0 Å². The lowest BCUT2D eigenvalue weighted by atomic mass is 9.75. The lowest BCUT2D eigenvalue weighted by Gasteiger charge is -2.52. The van der Waals surface area contributed by atoms with Gasteiger partial charge in [-0.1, -0.05) is 84.0 Å². The molecule has 2 aromatic rings. The standard InChI is InChI=1S/C36H54N2O5Si2/c1-33(2,3)44(10,11)41-30-27-26-24(20-17-21-25(26)39-22-23-18-15-14-16-19-23)29(38-37)28(27)31-36(9,43-35(7,8)40-31)32(30)42-45(12,13)34(4,5)6/h14-21,30-32H,22,37H2,1-13H3/b38-29+/t30-,31+,32+,36+/m0/s1. The molecule has 0 bridgehead atoms. The Balaban J connectivity index is 1.78. The fraction of sp³-hybridized carbons (Fsp3) is 0.583. The Kier molecular flexibility index (Phi) is 8.45. The molecule has 0 spiro atoms. The van der Waals surface area contributed by atoms with Gasteiger partial charge in [-0.15, -0.1) is 0 Å². The third kappa shape index (κ3) is 5.89. The Bertz CT molecular complexity index is 1500. The number of hydrogen-bond donors (Lipinski definition) is 1. The molecule has 9 heteroatoms. The summed E-state index contributed by atoms with van der Waals surface area (Å²) in [7, 11) is -4.73. The summed E-state index contributed by atoms with van der Waals surface area (Å²) in [5.41, 5.74) is 4.70. The summed E-state index contributed by atoms with van der Waals surface area (Å²) in [4.78, 5) is 0. The lowest BCUT2D eigenvalue weighted by Crippen LogP contribution is -2.65. The average Bonchev–Trinajstić information content (AvgIpc) is 3.39. The molecule has 1 fully saturated rings. The molecule has 5 rings (SSSR count). The van der Waals surface area contributed by atoms with Crippen LogP contribution in [0, 0.1) is 0 Å². The molecule has 1 aliphatic heterocycles. The largest absolute Gasteiger partial charge is 0.488 e. The van der Waals surface area contributed by atoms with Crippen molar-refractivity contribution in [2.24, 2.45) is 10.9 Å². The molecule has 2 aromatic carbocycles. The maximum Gasteiger partial charge on any atom is 0.193 e. The molecule has 2 aliphatic carbocycles. The fourth-order valence-electron chi connectivity index (χ4n) is 6.27. The van der Waals surface area contributed by atoms with Crippen LogP contribution >= 0.6 is 0 Å². The number of nitrogens with two attached hydrogens (primary N) is 1. The third-order valence-electron chi connectivity index (χ3n) is 10.7. The predicted molar refractivity (Wildman–Crippen MR) is 187 cm³/mol. The highest BCUT2D eigenvalue weighted by Gasteiger charge is 2.66. The highest BCUT2D eigenvalue weighted by Crippen LogP contribution is 2.58. The minimum Gasteiger partial charge on any atom is -0.488 e. The number of benzene rings is 2. The van der Waals surface area contributed by atoms with Gasteiger partial charge in [0.15, 0.2) is 22.4 Å². The highest BCUT2D eigenvalue weighted by atomic mass is 28.4. The first-order valence-corrected chi connectivity index (χ1v) is 22.0. The Morgan fingerprint density at radius 3 is 2.00 bits per heavy atom. The molecule has 1 heterocycles. The molecule has 1 saturated heterocycles. The molecular weight excluding hydrogens is 597 g/mol. The van der Waals surface area contributed by atoms with Crippen LogP contribution in [0.5, 0.6) is 5.75 Å². The van der Waals surface area contributed by atoms with E-state index in [1.54, 1.807) is 0 Å². The molecule has 7 nitrogen and oxygen atoms in total. The van der Waals surface area contributed by atoms with Gasteiger partial charge in [0.05, 0.1) is 11.8 Å². The van der Waals surface area contributed by atoms with Crippen LogP contribution in [0.15, 0.2) is 59.2 Å². The minimum atomic E-state index is -2.38. The first-order chi connectivity index (χ1) is 20.6. The summed E-state index contributed by atoms with van der Waals surface area (Å²) < 4.78 is 35.4. The van der Waals surface area contributed by atoms with Crippen molar-refractivity contribution in [3.05, 3.63) is 70.8 Å². The van der Waals surface area contributed by atoms with Crippen LogP contribution in [0.4, 0.5) is 0 Å². The van der Waals surface area contributed by atoms with Crippen LogP contribution in [0.25, 0.3) is 5.57 Å². The highest BCUT2D eigenvalue weighted by molar-refractivity contribution is 6.74. The maximum atomic E-state index is 7.53. The third-order valence-corrected chi connectivity index (χ3v) is 19.6. The Labute approximate surface area is 272 Å². The zero-order valence-electron chi connectivity index (χ0n) is 29.6. The van der Waals surface area contributed by atoms with Gasteiger partial charge in [-0.2, -0.15) is 5.10 Å². The number of hydrogen-bond acceptors (Lipinski definition) is 7. The van der Waals surface area contributed by atoms with Crippen molar-refractivity contribution >= 4 is 27.9 Å². The van der Waals surface area contributed by atoms with E-state index in [4.69, 9.17) is 28.9 Å². The van der Waals surface area contributed by atoms with Crippen molar-refractivity contribution in [2.75, 3.05) is 0 Å². The number of fused-ring (bicyclic) bond motifs is 4. The number of hydrazone groups is 1. The molecule has 0 aromatic heterocycles. The first kappa shape index (κ1) is 34.1. The van der Waals surface area contributed by atoms with Crippen molar-refractivity contribution in [3.63, 3.8) is 0 Å². The molecule has 0 unspecified atom stereocenters. The summed E-state index contributed by atoms with van der Waals surface area (Å²) in [6.07, 6.45) is -1.40. The van der Waals surface area contributed by atoms with E-state index in [9.17, 15) is 0 Å². The summed E-state index contributed by atoms with van der Waals surface area (Å²) in [6.45, 7) is 29.3. The summed E-state index contributed by atoms with van der Waals surface area (Å²) in [5, 5.41) is 4.34. The Hall–Kier alpha value is -2.28. The van der Waals surface area contributed by atoms with E-state index >= 15 is 0 Å². The van der Waals surface area contributed by atoms with Crippen LogP contribution < -0.4 is 10.6 Å². The van der Waals surface area contributed by atoms with Crippen molar-refractivity contribution in [1.29, 1.82) is 0 Å². The molecule has 3 aliphatic rings. The summed E-state index contributed by atoms with van der Waals surface area (Å²) in [6, 6.07) is 16.3. The maximum absolute atomic E-state index is 7.53. The van der Waals surface area contributed by atoms with Gasteiger partial charge in [0.2, 0.25) is 0 Å². The predicted octanol–water partition coefficient (Wildman–Crippen LogP) is 8.40. The Morgan fingerprint density at radius 1 is 0.822 bits per heavy atom. The molecule has 2 N–H and O–H groups in total. The second-order valence-electron chi connectivity index (χ2n) is 16.5. The number of rotatable bonds is 7. The molecule has 0 radical (unpaired) electrons. The van der Waals surface area contributed by atoms with Crippen molar-refractivity contribution in [3.8, 4) is 5.75 Å². The molecule has 4 atom stereocenters. The topological polar surface area (TPSA) is 84.5 Å². The van der Waals surface area contributed by atoms with E-state index in [2.05, 4.69) is 98.0 Å². The van der Waals surface area contributed by atoms with E-state index in [-0.39, 0.29) is 10.1 Å². The quantitative estimate of drug-likeness (QED) is 0.184. The van der Waals surface area contributed by atoms with Crippen LogP contribution in [0.3, 0.4) is 0 Å². The van der Waals surface area contributed by atoms with Gasteiger partial charge in [0, 0.05) is 22.3 Å². The van der Waals surface area contributed by atoms with Crippen LogP contribution in [-0.4, -0.2) is 52.0 Å². The van der Waals surface area contributed by atoms with Gasteiger partial charge in [-0.25, -0.2) is 0 Å². The minimum absolute atomic E-state index is 0.0363. The summed E-state index contributed by atoms with van der Waals surface area (Å²) >= 11 is 0. The molecule has 0 saturated carbocycles. The van der Waals surface area contributed by atoms with Gasteiger partial charge in [0.25, 0.3) is 0 Å². The van der Waals surface area contributed by atoms with Crippen molar-refractivity contribution in [2.45, 2.75) is 135 Å². The smallest absolute Gasteiger partial charge is 0.193 e. The zero-order chi connectivity index (χ0) is 33.4. The van der Waals surface area contributed by atoms with Gasteiger partial charge in [0.1, 0.15) is 30.2 Å². The zero-order valence-corrected chi connectivity index (χ0v) is 31.6. The normalized spacial score (nSPS) is 27.4. The van der Waals surface area contributed by atoms with Crippen LogP contribution in [0.1, 0.15) is 79.0 Å². The first-order valence-electron chi connectivity index (χ1n) is 16.2. The molecule has 0 amide bonds. The monoisotopic (exact) mass is 650 g/mol. The van der Waals surface area contributed by atoms with E-state index in [0.29, 0.717) is 12.3 Å². The second-order valence-corrected chi connectivity index (χ2v) is 26.1. The van der Waals surface area contributed by atoms with Gasteiger partial charge >= 0.3 is 0 Å². The van der Waals surface area contributed by atoms with Gasteiger partial charge in [-0.05, 0) is 68.7 Å². The lowest BCUT2D eigenvalue weighted by molar-refractivity contribution is -0.184. The van der Waals surface area contributed by atoms with Crippen molar-refractivity contribution < 1.29 is 23.1 Å². The number of ether oxygens (including phenoxy) is 3. The van der Waals surface area contributed by atoms with Gasteiger partial charge < -0.3 is 28.9 Å². The van der Waals surface area contributed by atoms with Gasteiger partial charge in [-0.3, -0.25) is 0 Å². The SMILES string of the molecule is CC1(C)O[C@@H]2C3=C(c4c(OCc5ccccc5)cccc4/C3=N\N)[C@H](O[Si](C)(C)C(C)(C)C)[C@@H](O[Si](C)(C)C(C)(C)C)[C@]2(C)O1. The van der Waals surface area contributed by atoms with Crippen LogP contribution in [-0.2, 0) is 24.9 Å². The average molecular weight is 651 g/mol. The van der Waals surface area contributed by atoms with E-state index < -0.39 is 46.3 Å². The Morgan fingerprint density at radius 2 is 1.42 bits per heavy atom. The second kappa shape index (κ2) is 11.2. The summed E-state index contributed by atoms with van der Waals surface area (Å²) in [5.74, 6) is 6.16. The number of nitrogens with zero attached hydrogens (tertiary/aromatic N) is 1. The molecular formula is C36H54N2O5Si2. The molecule has 45 heavy (non-hydrogen) atoms. The van der Waals surface area contributed by atoms with E-state index in [1.165, 1.54) is 0 Å². The van der Waals surface area contributed by atoms with E-state index in [0.717, 1.165) is 33.6 Å². The molecule has 246 valence electrons. The van der Waals surface area contributed by atoms with Crippen LogP contribution in [0.2, 0.25) is 36.3 Å².